The number of thioether (sulfide) groups is 1. The van der Waals surface area contributed by atoms with Gasteiger partial charge in [0.1, 0.15) is 23.0 Å². The quantitative estimate of drug-likeness (QED) is 0.204. The van der Waals surface area contributed by atoms with Crippen LogP contribution in [0.2, 0.25) is 0 Å². The van der Waals surface area contributed by atoms with Gasteiger partial charge in [-0.3, -0.25) is 24.6 Å². The molecule has 174 valence electrons. The number of non-ortho nitro benzene ring substituents is 1. The zero-order valence-electron chi connectivity index (χ0n) is 17.8. The van der Waals surface area contributed by atoms with Crippen LogP contribution in [0.4, 0.5) is 10.5 Å². The normalized spacial score (nSPS) is 14.6. The van der Waals surface area contributed by atoms with E-state index in [2.05, 4.69) is 4.74 Å². The van der Waals surface area contributed by atoms with Crippen molar-refractivity contribution in [2.24, 2.45) is 0 Å². The lowest BCUT2D eigenvalue weighted by Crippen LogP contribution is -2.27. The fourth-order valence-electron chi connectivity index (χ4n) is 3.17. The molecule has 1 aromatic carbocycles. The van der Waals surface area contributed by atoms with Crippen LogP contribution < -0.4 is 4.74 Å². The number of nitro groups is 1. The molecule has 34 heavy (non-hydrogen) atoms. The number of ether oxygens (including phenoxy) is 2. The summed E-state index contributed by atoms with van der Waals surface area (Å²) in [5, 5.41) is 10.6. The smallest absolute Gasteiger partial charge is 0.373 e. The van der Waals surface area contributed by atoms with E-state index in [0.29, 0.717) is 11.3 Å². The molecule has 0 atom stereocenters. The minimum Gasteiger partial charge on any atom is -0.496 e. The Morgan fingerprint density at radius 3 is 2.65 bits per heavy atom. The van der Waals surface area contributed by atoms with Crippen LogP contribution in [-0.2, 0) is 16.1 Å². The first-order valence-corrected chi connectivity index (χ1v) is 10.5. The highest BCUT2D eigenvalue weighted by Gasteiger charge is 2.36. The number of imide groups is 1. The standard InChI is InChI=1S/C22H16N2O9S/c1-30-16-6-3-12(24(28)29)9-15(16)17-7-4-13(32-17)10-19-20(25)23(22(27)34-19)11-14-5-8-18(33-14)21(26)31-2/h3-10H,11H2,1-2H3/b19-10+. The highest BCUT2D eigenvalue weighted by Crippen LogP contribution is 2.37. The van der Waals surface area contributed by atoms with Crippen molar-refractivity contribution in [3.8, 4) is 17.1 Å². The largest absolute Gasteiger partial charge is 0.496 e. The average Bonchev–Trinajstić information content (AvgIpc) is 3.55. The van der Waals surface area contributed by atoms with Gasteiger partial charge in [-0.2, -0.15) is 0 Å². The van der Waals surface area contributed by atoms with Crippen molar-refractivity contribution in [3.05, 3.63) is 74.8 Å². The van der Waals surface area contributed by atoms with Gasteiger partial charge in [-0.1, -0.05) is 0 Å². The highest BCUT2D eigenvalue weighted by atomic mass is 32.2. The fraction of sp³-hybridized carbons (Fsp3) is 0.136. The van der Waals surface area contributed by atoms with Crippen molar-refractivity contribution in [1.82, 2.24) is 4.90 Å². The van der Waals surface area contributed by atoms with Gasteiger partial charge in [-0.05, 0) is 42.1 Å². The van der Waals surface area contributed by atoms with Crippen LogP contribution in [0, 0.1) is 10.1 Å². The van der Waals surface area contributed by atoms with E-state index in [9.17, 15) is 24.5 Å². The number of carbonyl (C=O) groups is 3. The van der Waals surface area contributed by atoms with Gasteiger partial charge in [0, 0.05) is 18.2 Å². The molecule has 0 bridgehead atoms. The molecule has 4 rings (SSSR count). The number of hydrogen-bond acceptors (Lipinski definition) is 10. The zero-order chi connectivity index (χ0) is 24.4. The predicted octanol–water partition coefficient (Wildman–Crippen LogP) is 4.48. The number of hydrogen-bond donors (Lipinski definition) is 0. The van der Waals surface area contributed by atoms with Crippen LogP contribution in [0.25, 0.3) is 17.4 Å². The van der Waals surface area contributed by atoms with E-state index in [1.54, 1.807) is 12.1 Å². The fourth-order valence-corrected chi connectivity index (χ4v) is 3.99. The lowest BCUT2D eigenvalue weighted by atomic mass is 10.1. The van der Waals surface area contributed by atoms with Crippen molar-refractivity contribution >= 4 is 40.6 Å². The van der Waals surface area contributed by atoms with E-state index >= 15 is 0 Å². The molecule has 1 saturated heterocycles. The third-order valence-electron chi connectivity index (χ3n) is 4.80. The zero-order valence-corrected chi connectivity index (χ0v) is 18.6. The number of rotatable bonds is 7. The molecule has 0 spiro atoms. The molecule has 0 unspecified atom stereocenters. The Bertz CT molecular complexity index is 1340. The van der Waals surface area contributed by atoms with E-state index in [0.717, 1.165) is 16.7 Å². The van der Waals surface area contributed by atoms with Gasteiger partial charge in [0.05, 0.1) is 36.2 Å². The van der Waals surface area contributed by atoms with Crippen LogP contribution in [0.3, 0.4) is 0 Å². The molecule has 0 N–H and O–H groups in total. The first-order chi connectivity index (χ1) is 16.3. The monoisotopic (exact) mass is 484 g/mol. The highest BCUT2D eigenvalue weighted by molar-refractivity contribution is 8.18. The summed E-state index contributed by atoms with van der Waals surface area (Å²) in [6, 6.07) is 10.1. The molecule has 0 saturated carbocycles. The Balaban J connectivity index is 1.55. The van der Waals surface area contributed by atoms with E-state index in [-0.39, 0.29) is 40.2 Å². The Labute approximate surface area is 196 Å². The maximum atomic E-state index is 12.8. The number of carbonyl (C=O) groups excluding carboxylic acids is 3. The second kappa shape index (κ2) is 9.27. The van der Waals surface area contributed by atoms with E-state index in [1.807, 2.05) is 0 Å². The Morgan fingerprint density at radius 2 is 1.94 bits per heavy atom. The Morgan fingerprint density at radius 1 is 1.15 bits per heavy atom. The molecule has 1 aliphatic rings. The minimum absolute atomic E-state index is 0.0419. The number of esters is 1. The lowest BCUT2D eigenvalue weighted by Gasteiger charge is -2.09. The third-order valence-corrected chi connectivity index (χ3v) is 5.70. The maximum absolute atomic E-state index is 12.8. The van der Waals surface area contributed by atoms with Crippen molar-refractivity contribution in [2.75, 3.05) is 14.2 Å². The van der Waals surface area contributed by atoms with Crippen LogP contribution in [0.15, 0.2) is 56.2 Å². The summed E-state index contributed by atoms with van der Waals surface area (Å²) in [6.45, 7) is -0.159. The minimum atomic E-state index is -0.672. The summed E-state index contributed by atoms with van der Waals surface area (Å²) in [4.78, 5) is 48.3. The number of nitro benzene ring substituents is 1. The maximum Gasteiger partial charge on any atom is 0.373 e. The summed E-state index contributed by atoms with van der Waals surface area (Å²) >= 11 is 0.724. The van der Waals surface area contributed by atoms with Gasteiger partial charge >= 0.3 is 5.97 Å². The molecule has 3 heterocycles. The molecule has 2 amide bonds. The van der Waals surface area contributed by atoms with Crippen LogP contribution >= 0.6 is 11.8 Å². The summed E-state index contributed by atoms with van der Waals surface area (Å²) in [5.74, 6) is -0.110. The number of methoxy groups -OCH3 is 2. The van der Waals surface area contributed by atoms with E-state index in [4.69, 9.17) is 13.6 Å². The van der Waals surface area contributed by atoms with Gasteiger partial charge in [0.25, 0.3) is 16.8 Å². The first kappa shape index (κ1) is 22.9. The second-order valence-corrected chi connectivity index (χ2v) is 7.86. The van der Waals surface area contributed by atoms with Crippen LogP contribution in [-0.4, -0.2) is 41.2 Å². The topological polar surface area (TPSA) is 142 Å². The molecule has 1 fully saturated rings. The summed E-state index contributed by atoms with van der Waals surface area (Å²) in [6.07, 6.45) is 1.40. The molecule has 2 aromatic heterocycles. The van der Waals surface area contributed by atoms with Gasteiger partial charge in [0.2, 0.25) is 5.76 Å². The molecular formula is C22H16N2O9S. The Hall–Kier alpha value is -4.32. The van der Waals surface area contributed by atoms with E-state index < -0.39 is 22.0 Å². The Kier molecular flexibility index (Phi) is 6.23. The predicted molar refractivity (Wildman–Crippen MR) is 119 cm³/mol. The number of nitrogens with zero attached hydrogens (tertiary/aromatic N) is 2. The average molecular weight is 484 g/mol. The third kappa shape index (κ3) is 4.43. The lowest BCUT2D eigenvalue weighted by molar-refractivity contribution is -0.384. The van der Waals surface area contributed by atoms with Crippen molar-refractivity contribution in [1.29, 1.82) is 0 Å². The molecule has 11 nitrogen and oxygen atoms in total. The summed E-state index contributed by atoms with van der Waals surface area (Å²) in [5.41, 5.74) is 0.229. The van der Waals surface area contributed by atoms with Gasteiger partial charge in [-0.15, -0.1) is 0 Å². The van der Waals surface area contributed by atoms with Crippen molar-refractivity contribution in [3.63, 3.8) is 0 Å². The second-order valence-electron chi connectivity index (χ2n) is 6.87. The number of benzene rings is 1. The number of amides is 2. The SMILES string of the molecule is COC(=O)c1ccc(CN2C(=O)S/C(=C/c3ccc(-c4cc([N+](=O)[O-])ccc4OC)o3)C2=O)o1. The van der Waals surface area contributed by atoms with Gasteiger partial charge < -0.3 is 18.3 Å². The molecular weight excluding hydrogens is 468 g/mol. The van der Waals surface area contributed by atoms with E-state index in [1.165, 1.54) is 50.6 Å². The molecule has 3 aromatic rings. The summed E-state index contributed by atoms with van der Waals surface area (Å²) < 4.78 is 20.9. The van der Waals surface area contributed by atoms with Gasteiger partial charge in [0.15, 0.2) is 0 Å². The molecule has 12 heteroatoms. The first-order valence-electron chi connectivity index (χ1n) is 9.65. The molecule has 0 aliphatic carbocycles. The summed E-state index contributed by atoms with van der Waals surface area (Å²) in [7, 11) is 2.64. The van der Waals surface area contributed by atoms with Gasteiger partial charge in [-0.25, -0.2) is 4.79 Å². The number of furan rings is 2. The van der Waals surface area contributed by atoms with Crippen LogP contribution in [0.1, 0.15) is 22.1 Å². The molecule has 1 aliphatic heterocycles. The van der Waals surface area contributed by atoms with Crippen molar-refractivity contribution in [2.45, 2.75) is 6.54 Å². The van der Waals surface area contributed by atoms with Crippen molar-refractivity contribution < 1.29 is 37.6 Å². The van der Waals surface area contributed by atoms with Crippen LogP contribution in [0.5, 0.6) is 5.75 Å². The molecule has 0 radical (unpaired) electrons.